The van der Waals surface area contributed by atoms with Gasteiger partial charge in [-0.15, -0.1) is 0 Å². The Labute approximate surface area is 147 Å². The summed E-state index contributed by atoms with van der Waals surface area (Å²) in [6, 6.07) is 3.37. The molecule has 2 atom stereocenters. The number of ether oxygens (including phenoxy) is 2. The molecule has 2 fully saturated rings. The van der Waals surface area contributed by atoms with E-state index in [4.69, 9.17) is 14.6 Å². The van der Waals surface area contributed by atoms with Gasteiger partial charge in [-0.05, 0) is 31.5 Å². The third kappa shape index (κ3) is 3.44. The summed E-state index contributed by atoms with van der Waals surface area (Å²) < 4.78 is 33.9. The average Bonchev–Trinajstić information content (AvgIpc) is 3.35. The maximum absolute atomic E-state index is 12.9. The van der Waals surface area contributed by atoms with Crippen molar-refractivity contribution < 1.29 is 22.7 Å². The Hall–Kier alpha value is -1.84. The lowest BCUT2D eigenvalue weighted by Crippen LogP contribution is -2.36. The number of carbonyl (C=O) groups is 1. The van der Waals surface area contributed by atoms with Crippen molar-refractivity contribution >= 4 is 15.9 Å². The summed E-state index contributed by atoms with van der Waals surface area (Å²) in [6.07, 6.45) is 1.11. The number of hydrogen-bond donors (Lipinski definition) is 1. The molecule has 1 saturated heterocycles. The zero-order valence-corrected chi connectivity index (χ0v) is 15.4. The molecule has 0 spiro atoms. The third-order valence-electron chi connectivity index (χ3n) is 4.91. The van der Waals surface area contributed by atoms with Crippen molar-refractivity contribution in [3.63, 3.8) is 0 Å². The molecule has 1 aromatic rings. The zero-order chi connectivity index (χ0) is 18.4. The molecule has 1 aliphatic carbocycles. The third-order valence-corrected chi connectivity index (χ3v) is 5.88. The lowest BCUT2D eigenvalue weighted by Gasteiger charge is -2.23. The average molecular weight is 369 g/mol. The van der Waals surface area contributed by atoms with E-state index in [9.17, 15) is 13.2 Å². The number of nitrogens with two attached hydrogens (primary N) is 1. The highest BCUT2D eigenvalue weighted by molar-refractivity contribution is 7.89. The van der Waals surface area contributed by atoms with Gasteiger partial charge >= 0.3 is 0 Å². The van der Waals surface area contributed by atoms with E-state index >= 15 is 0 Å². The summed E-state index contributed by atoms with van der Waals surface area (Å²) in [6.45, 7) is 2.15. The van der Waals surface area contributed by atoms with Crippen molar-refractivity contribution in [1.29, 1.82) is 0 Å². The summed E-state index contributed by atoms with van der Waals surface area (Å²) in [5.41, 5.74) is 0.322. The van der Waals surface area contributed by atoms with Crippen LogP contribution in [0.3, 0.4) is 0 Å². The van der Waals surface area contributed by atoms with Crippen LogP contribution in [0.4, 0.5) is 0 Å². The second kappa shape index (κ2) is 6.47. The fraction of sp³-hybridized carbons (Fsp3) is 0.562. The van der Waals surface area contributed by atoms with Gasteiger partial charge < -0.3 is 19.3 Å². The summed E-state index contributed by atoms with van der Waals surface area (Å²) in [5.74, 6) is 0.338. The lowest BCUT2D eigenvalue weighted by molar-refractivity contribution is 0.0750. The highest BCUT2D eigenvalue weighted by Crippen LogP contribution is 2.38. The Morgan fingerprint density at radius 1 is 1.20 bits per heavy atom. The van der Waals surface area contributed by atoms with E-state index in [1.165, 1.54) is 26.4 Å². The minimum Gasteiger partial charge on any atom is -0.495 e. The van der Waals surface area contributed by atoms with Crippen LogP contribution < -0.4 is 14.6 Å². The maximum Gasteiger partial charge on any atom is 0.254 e. The molecule has 1 heterocycles. The van der Waals surface area contributed by atoms with Crippen molar-refractivity contribution in [2.75, 3.05) is 40.9 Å². The molecule has 9 heteroatoms. The van der Waals surface area contributed by atoms with Crippen molar-refractivity contribution in [2.45, 2.75) is 17.4 Å². The van der Waals surface area contributed by atoms with Gasteiger partial charge in [0.15, 0.2) is 4.90 Å². The molecule has 2 unspecified atom stereocenters. The number of fused-ring (bicyclic) bond motifs is 1. The van der Waals surface area contributed by atoms with Gasteiger partial charge in [0.05, 0.1) is 14.2 Å². The molecule has 1 aliphatic heterocycles. The van der Waals surface area contributed by atoms with Gasteiger partial charge in [-0.1, -0.05) is 0 Å². The van der Waals surface area contributed by atoms with Gasteiger partial charge in [0.2, 0.25) is 10.0 Å². The second-order valence-corrected chi connectivity index (χ2v) is 8.05. The van der Waals surface area contributed by atoms with E-state index < -0.39 is 10.0 Å². The minimum absolute atomic E-state index is 0.00133. The highest BCUT2D eigenvalue weighted by Gasteiger charge is 2.44. The minimum atomic E-state index is -4.05. The van der Waals surface area contributed by atoms with Gasteiger partial charge in [-0.25, -0.2) is 13.6 Å². The molecule has 2 N–H and O–H groups in total. The van der Waals surface area contributed by atoms with Crippen molar-refractivity contribution in [1.82, 2.24) is 9.80 Å². The Morgan fingerprint density at radius 3 is 2.32 bits per heavy atom. The molecule has 138 valence electrons. The number of benzene rings is 1. The van der Waals surface area contributed by atoms with Crippen LogP contribution in [-0.2, 0) is 10.0 Å². The summed E-state index contributed by atoms with van der Waals surface area (Å²) in [4.78, 5) is 16.8. The van der Waals surface area contributed by atoms with E-state index in [-0.39, 0.29) is 22.3 Å². The number of carbonyl (C=O) groups excluding carboxylic acids is 1. The van der Waals surface area contributed by atoms with Crippen LogP contribution in [0, 0.1) is 5.92 Å². The molecule has 2 aliphatic rings. The number of likely N-dealkylation sites (N-methyl/N-ethyl adjacent to an activating group) is 1. The predicted octanol–water partition coefficient (Wildman–Crippen LogP) is 0.127. The van der Waals surface area contributed by atoms with E-state index in [1.54, 1.807) is 4.90 Å². The molecule has 0 radical (unpaired) electrons. The van der Waals surface area contributed by atoms with Crippen LogP contribution in [0.1, 0.15) is 16.8 Å². The first-order valence-corrected chi connectivity index (χ1v) is 9.59. The van der Waals surface area contributed by atoms with Crippen LogP contribution >= 0.6 is 0 Å². The maximum atomic E-state index is 12.9. The second-order valence-electron chi connectivity index (χ2n) is 6.55. The standard InChI is InChI=1S/C16H23N3O5S/c1-18-4-5-19(9-11-6-12(11)18)16(20)10-7-13(23-2)15(25(17,21)22)14(8-10)24-3/h7-8,11-12H,4-6,9H2,1-3H3,(H2,17,21,22). The molecule has 0 bridgehead atoms. The molecule has 1 amide bonds. The zero-order valence-electron chi connectivity index (χ0n) is 14.6. The number of primary sulfonamides is 1. The van der Waals surface area contributed by atoms with Crippen molar-refractivity contribution in [3.8, 4) is 11.5 Å². The Kier molecular flexibility index (Phi) is 4.65. The molecular formula is C16H23N3O5S. The summed E-state index contributed by atoms with van der Waals surface area (Å²) in [5, 5.41) is 5.25. The monoisotopic (exact) mass is 369 g/mol. The fourth-order valence-corrected chi connectivity index (χ4v) is 4.28. The molecule has 3 rings (SSSR count). The number of rotatable bonds is 4. The normalized spacial score (nSPS) is 23.6. The van der Waals surface area contributed by atoms with Gasteiger partial charge in [0.1, 0.15) is 11.5 Å². The van der Waals surface area contributed by atoms with Gasteiger partial charge in [0, 0.05) is 31.2 Å². The van der Waals surface area contributed by atoms with Gasteiger partial charge in [-0.2, -0.15) is 0 Å². The molecule has 1 saturated carbocycles. The SMILES string of the molecule is COc1cc(C(=O)N2CCN(C)C3CC3C2)cc(OC)c1S(N)(=O)=O. The van der Waals surface area contributed by atoms with Gasteiger partial charge in [0.25, 0.3) is 5.91 Å². The summed E-state index contributed by atoms with van der Waals surface area (Å²) >= 11 is 0. The van der Waals surface area contributed by atoms with Crippen LogP contribution in [0.15, 0.2) is 17.0 Å². The molecule has 0 aromatic heterocycles. The first kappa shape index (κ1) is 18.0. The summed E-state index contributed by atoms with van der Waals surface area (Å²) in [7, 11) is 0.676. The predicted molar refractivity (Wildman–Crippen MR) is 91.3 cm³/mol. The number of hydrogen-bond acceptors (Lipinski definition) is 6. The number of nitrogens with zero attached hydrogens (tertiary/aromatic N) is 2. The number of methoxy groups -OCH3 is 2. The fourth-order valence-electron chi connectivity index (χ4n) is 3.44. The van der Waals surface area contributed by atoms with E-state index in [1.807, 2.05) is 0 Å². The Bertz CT molecular complexity index is 770. The first-order chi connectivity index (χ1) is 11.8. The topological polar surface area (TPSA) is 102 Å². The number of sulfonamides is 1. The largest absolute Gasteiger partial charge is 0.495 e. The van der Waals surface area contributed by atoms with Gasteiger partial charge in [-0.3, -0.25) is 4.79 Å². The number of amides is 1. The van der Waals surface area contributed by atoms with Crippen molar-refractivity contribution in [2.24, 2.45) is 11.1 Å². The quantitative estimate of drug-likeness (QED) is 0.809. The lowest BCUT2D eigenvalue weighted by atomic mass is 10.1. The smallest absolute Gasteiger partial charge is 0.254 e. The van der Waals surface area contributed by atoms with Crippen molar-refractivity contribution in [3.05, 3.63) is 17.7 Å². The van der Waals surface area contributed by atoms with Crippen LogP contribution in [-0.4, -0.2) is 71.1 Å². The van der Waals surface area contributed by atoms with Crippen LogP contribution in [0.2, 0.25) is 0 Å². The van der Waals surface area contributed by atoms with E-state index in [2.05, 4.69) is 11.9 Å². The van der Waals surface area contributed by atoms with E-state index in [0.29, 0.717) is 30.6 Å². The Morgan fingerprint density at radius 2 is 1.80 bits per heavy atom. The molecular weight excluding hydrogens is 346 g/mol. The molecule has 8 nitrogen and oxygen atoms in total. The van der Waals surface area contributed by atoms with E-state index in [0.717, 1.165) is 13.0 Å². The first-order valence-electron chi connectivity index (χ1n) is 8.04. The molecule has 1 aromatic carbocycles. The Balaban J connectivity index is 1.95. The molecule has 25 heavy (non-hydrogen) atoms. The van der Waals surface area contributed by atoms with Crippen LogP contribution in [0.25, 0.3) is 0 Å². The van der Waals surface area contributed by atoms with Crippen LogP contribution in [0.5, 0.6) is 11.5 Å². The highest BCUT2D eigenvalue weighted by atomic mass is 32.2.